The molecule has 0 aliphatic carbocycles. The van der Waals surface area contributed by atoms with Crippen LogP contribution in [-0.2, 0) is 4.79 Å². The van der Waals surface area contributed by atoms with Crippen molar-refractivity contribution in [2.45, 2.75) is 39.2 Å². The highest BCUT2D eigenvalue weighted by Crippen LogP contribution is 2.35. The summed E-state index contributed by atoms with van der Waals surface area (Å²) in [6.45, 7) is 6.17. The minimum atomic E-state index is -0.221. The first kappa shape index (κ1) is 21.1. The lowest BCUT2D eigenvalue weighted by molar-refractivity contribution is -0.121. The minimum absolute atomic E-state index is 0.0763. The molecule has 1 fully saturated rings. The fourth-order valence-corrected chi connectivity index (χ4v) is 4.16. The van der Waals surface area contributed by atoms with E-state index in [1.54, 1.807) is 36.6 Å². The summed E-state index contributed by atoms with van der Waals surface area (Å²) >= 11 is 1.61. The molecule has 3 rings (SSSR count). The summed E-state index contributed by atoms with van der Waals surface area (Å²) in [5.74, 6) is 0.380. The van der Waals surface area contributed by atoms with Crippen LogP contribution in [0.15, 0.2) is 23.6 Å². The van der Waals surface area contributed by atoms with Gasteiger partial charge in [-0.15, -0.1) is 11.3 Å². The van der Waals surface area contributed by atoms with Gasteiger partial charge in [0, 0.05) is 48.6 Å². The van der Waals surface area contributed by atoms with Gasteiger partial charge in [0.15, 0.2) is 5.13 Å². The van der Waals surface area contributed by atoms with E-state index in [0.717, 1.165) is 29.5 Å². The molecule has 1 aliphatic heterocycles. The molecule has 1 aliphatic rings. The number of aromatic nitrogens is 1. The summed E-state index contributed by atoms with van der Waals surface area (Å²) in [6, 6.07) is 5.39. The summed E-state index contributed by atoms with van der Waals surface area (Å²) < 4.78 is 5.49. The Bertz CT molecular complexity index is 859. The largest absolute Gasteiger partial charge is 0.496 e. The van der Waals surface area contributed by atoms with Gasteiger partial charge < -0.3 is 20.3 Å². The number of anilines is 1. The molecule has 7 nitrogen and oxygen atoms in total. The summed E-state index contributed by atoms with van der Waals surface area (Å²) in [4.78, 5) is 31.3. The molecule has 0 atom stereocenters. The quantitative estimate of drug-likeness (QED) is 0.691. The molecule has 2 amide bonds. The lowest BCUT2D eigenvalue weighted by Gasteiger charge is -2.13. The zero-order valence-electron chi connectivity index (χ0n) is 17.2. The van der Waals surface area contributed by atoms with Gasteiger partial charge in [0.05, 0.1) is 12.8 Å². The first-order valence-electron chi connectivity index (χ1n) is 9.94. The van der Waals surface area contributed by atoms with Gasteiger partial charge in [-0.1, -0.05) is 0 Å². The Kier molecular flexibility index (Phi) is 7.09. The second-order valence-corrected chi connectivity index (χ2v) is 8.19. The molecule has 1 saturated heterocycles. The molecule has 2 heterocycles. The van der Waals surface area contributed by atoms with E-state index in [1.165, 1.54) is 12.8 Å². The number of amides is 2. The van der Waals surface area contributed by atoms with Crippen molar-refractivity contribution in [1.29, 1.82) is 0 Å². The second kappa shape index (κ2) is 9.73. The van der Waals surface area contributed by atoms with Crippen molar-refractivity contribution in [1.82, 2.24) is 15.6 Å². The number of benzene rings is 1. The van der Waals surface area contributed by atoms with E-state index in [0.29, 0.717) is 11.3 Å². The summed E-state index contributed by atoms with van der Waals surface area (Å²) in [6.07, 6.45) is 2.64. The standard InChI is InChI=1S/C21H28N4O3S/c1-14(2)23-19(26)8-9-22-20(27)15-6-7-18(28-3)16(12-15)17-13-29-21(24-17)25-10-4-5-11-25/h6-7,12-14H,4-5,8-11H2,1-3H3,(H,22,27)(H,23,26). The SMILES string of the molecule is COc1ccc(C(=O)NCCC(=O)NC(C)C)cc1-c1csc(N2CCCC2)n1. The van der Waals surface area contributed by atoms with Crippen molar-refractivity contribution in [3.8, 4) is 17.0 Å². The number of hydrogen-bond acceptors (Lipinski definition) is 6. The number of rotatable bonds is 8. The Hall–Kier alpha value is -2.61. The van der Waals surface area contributed by atoms with Crippen molar-refractivity contribution in [2.24, 2.45) is 0 Å². The van der Waals surface area contributed by atoms with Crippen LogP contribution in [0.4, 0.5) is 5.13 Å². The number of nitrogens with zero attached hydrogens (tertiary/aromatic N) is 2. The van der Waals surface area contributed by atoms with Gasteiger partial charge in [0.2, 0.25) is 5.91 Å². The fourth-order valence-electron chi connectivity index (χ4n) is 3.28. The number of methoxy groups -OCH3 is 1. The first-order chi connectivity index (χ1) is 14.0. The fraction of sp³-hybridized carbons (Fsp3) is 0.476. The van der Waals surface area contributed by atoms with E-state index in [1.807, 2.05) is 19.2 Å². The van der Waals surface area contributed by atoms with Gasteiger partial charge in [0.1, 0.15) is 5.75 Å². The lowest BCUT2D eigenvalue weighted by Crippen LogP contribution is -2.34. The monoisotopic (exact) mass is 416 g/mol. The molecular weight excluding hydrogens is 388 g/mol. The van der Waals surface area contributed by atoms with Gasteiger partial charge >= 0.3 is 0 Å². The van der Waals surface area contributed by atoms with Crippen LogP contribution in [0, 0.1) is 0 Å². The smallest absolute Gasteiger partial charge is 0.251 e. The molecule has 2 N–H and O–H groups in total. The zero-order valence-corrected chi connectivity index (χ0v) is 18.0. The molecule has 0 bridgehead atoms. The highest BCUT2D eigenvalue weighted by atomic mass is 32.1. The topological polar surface area (TPSA) is 83.6 Å². The first-order valence-corrected chi connectivity index (χ1v) is 10.8. The molecule has 156 valence electrons. The number of ether oxygens (including phenoxy) is 1. The Morgan fingerprint density at radius 1 is 1.28 bits per heavy atom. The molecule has 0 unspecified atom stereocenters. The van der Waals surface area contributed by atoms with Crippen LogP contribution in [0.1, 0.15) is 43.5 Å². The predicted octanol–water partition coefficient (Wildman–Crippen LogP) is 3.06. The number of thiazole rings is 1. The van der Waals surface area contributed by atoms with Crippen LogP contribution in [0.3, 0.4) is 0 Å². The summed E-state index contributed by atoms with van der Waals surface area (Å²) in [5, 5.41) is 8.62. The summed E-state index contributed by atoms with van der Waals surface area (Å²) in [5.41, 5.74) is 2.11. The van der Waals surface area contributed by atoms with Crippen molar-refractivity contribution in [3.63, 3.8) is 0 Å². The van der Waals surface area contributed by atoms with E-state index < -0.39 is 0 Å². The highest BCUT2D eigenvalue weighted by Gasteiger charge is 2.19. The number of nitrogens with one attached hydrogen (secondary N) is 2. The molecular formula is C21H28N4O3S. The van der Waals surface area contributed by atoms with Crippen LogP contribution >= 0.6 is 11.3 Å². The normalized spacial score (nSPS) is 13.6. The van der Waals surface area contributed by atoms with Gasteiger partial charge in [-0.3, -0.25) is 9.59 Å². The van der Waals surface area contributed by atoms with Gasteiger partial charge in [-0.05, 0) is 44.9 Å². The maximum Gasteiger partial charge on any atom is 0.251 e. The van der Waals surface area contributed by atoms with E-state index in [9.17, 15) is 9.59 Å². The van der Waals surface area contributed by atoms with E-state index in [-0.39, 0.29) is 30.8 Å². The highest BCUT2D eigenvalue weighted by molar-refractivity contribution is 7.14. The third kappa shape index (κ3) is 5.47. The molecule has 1 aromatic heterocycles. The van der Waals surface area contributed by atoms with Crippen LogP contribution in [0.2, 0.25) is 0 Å². The van der Waals surface area contributed by atoms with Gasteiger partial charge in [-0.2, -0.15) is 0 Å². The Balaban J connectivity index is 1.70. The molecule has 1 aromatic carbocycles. The maximum absolute atomic E-state index is 12.5. The predicted molar refractivity (Wildman–Crippen MR) is 116 cm³/mol. The van der Waals surface area contributed by atoms with Crippen LogP contribution in [-0.4, -0.2) is 49.6 Å². The average molecular weight is 417 g/mol. The van der Waals surface area contributed by atoms with E-state index in [4.69, 9.17) is 9.72 Å². The van der Waals surface area contributed by atoms with Crippen LogP contribution in [0.25, 0.3) is 11.3 Å². The Morgan fingerprint density at radius 3 is 2.72 bits per heavy atom. The van der Waals surface area contributed by atoms with Crippen LogP contribution < -0.4 is 20.3 Å². The van der Waals surface area contributed by atoms with Gasteiger partial charge in [-0.25, -0.2) is 4.98 Å². The zero-order chi connectivity index (χ0) is 20.8. The molecule has 29 heavy (non-hydrogen) atoms. The van der Waals surface area contributed by atoms with Crippen LogP contribution in [0.5, 0.6) is 5.75 Å². The molecule has 8 heteroatoms. The Labute approximate surface area is 175 Å². The average Bonchev–Trinajstić information content (AvgIpc) is 3.38. The number of hydrogen-bond donors (Lipinski definition) is 2. The minimum Gasteiger partial charge on any atom is -0.496 e. The van der Waals surface area contributed by atoms with Crippen molar-refractivity contribution < 1.29 is 14.3 Å². The van der Waals surface area contributed by atoms with E-state index >= 15 is 0 Å². The second-order valence-electron chi connectivity index (χ2n) is 7.35. The number of carbonyl (C=O) groups is 2. The van der Waals surface area contributed by atoms with E-state index in [2.05, 4.69) is 15.5 Å². The number of carbonyl (C=O) groups excluding carboxylic acids is 2. The van der Waals surface area contributed by atoms with Crippen molar-refractivity contribution in [2.75, 3.05) is 31.6 Å². The third-order valence-electron chi connectivity index (χ3n) is 4.69. The lowest BCUT2D eigenvalue weighted by atomic mass is 10.1. The summed E-state index contributed by atoms with van der Waals surface area (Å²) in [7, 11) is 1.61. The third-order valence-corrected chi connectivity index (χ3v) is 5.59. The molecule has 0 saturated carbocycles. The van der Waals surface area contributed by atoms with Crippen molar-refractivity contribution >= 4 is 28.3 Å². The van der Waals surface area contributed by atoms with Crippen molar-refractivity contribution in [3.05, 3.63) is 29.1 Å². The van der Waals surface area contributed by atoms with Gasteiger partial charge in [0.25, 0.3) is 5.91 Å². The Morgan fingerprint density at radius 2 is 2.03 bits per heavy atom. The molecule has 0 radical (unpaired) electrons. The molecule has 0 spiro atoms. The maximum atomic E-state index is 12.5. The molecule has 2 aromatic rings.